The van der Waals surface area contributed by atoms with Crippen molar-refractivity contribution in [2.75, 3.05) is 14.2 Å². The van der Waals surface area contributed by atoms with Gasteiger partial charge in [-0.1, -0.05) is 18.2 Å². The largest absolute Gasteiger partial charge is 0.493 e. The van der Waals surface area contributed by atoms with E-state index in [4.69, 9.17) is 14.2 Å². The van der Waals surface area contributed by atoms with Gasteiger partial charge in [-0.2, -0.15) is 0 Å². The number of hydrogen-bond acceptors (Lipinski definition) is 6. The van der Waals surface area contributed by atoms with Crippen LogP contribution in [-0.4, -0.2) is 25.1 Å². The Kier molecular flexibility index (Phi) is 5.36. The van der Waals surface area contributed by atoms with Gasteiger partial charge in [-0.15, -0.1) is 0 Å². The number of nitrogens with zero attached hydrogens (tertiary/aromatic N) is 1. The normalized spacial score (nSPS) is 11.5. The highest BCUT2D eigenvalue weighted by molar-refractivity contribution is 5.93. The van der Waals surface area contributed by atoms with Gasteiger partial charge in [0.25, 0.3) is 5.69 Å². The average molecular weight is 331 g/mol. The highest BCUT2D eigenvalue weighted by Gasteiger charge is 2.21. The van der Waals surface area contributed by atoms with Crippen molar-refractivity contribution in [2.45, 2.75) is 13.0 Å². The summed E-state index contributed by atoms with van der Waals surface area (Å²) in [6.07, 6.45) is -0.659. The molecule has 0 aliphatic carbocycles. The van der Waals surface area contributed by atoms with Gasteiger partial charge < -0.3 is 14.2 Å². The molecule has 0 heterocycles. The van der Waals surface area contributed by atoms with E-state index in [0.29, 0.717) is 11.3 Å². The summed E-state index contributed by atoms with van der Waals surface area (Å²) in [5, 5.41) is 10.8. The van der Waals surface area contributed by atoms with Gasteiger partial charge in [0.15, 0.2) is 11.5 Å². The molecule has 7 nitrogen and oxygen atoms in total. The summed E-state index contributed by atoms with van der Waals surface area (Å²) in [7, 11) is 2.90. The first-order chi connectivity index (χ1) is 11.5. The predicted octanol–water partition coefficient (Wildman–Crippen LogP) is 3.53. The molecule has 0 saturated carbocycles. The number of rotatable bonds is 6. The Morgan fingerprint density at radius 2 is 1.83 bits per heavy atom. The summed E-state index contributed by atoms with van der Waals surface area (Å²) >= 11 is 0. The van der Waals surface area contributed by atoms with Crippen molar-refractivity contribution in [3.05, 3.63) is 63.7 Å². The third-order valence-corrected chi connectivity index (χ3v) is 3.46. The van der Waals surface area contributed by atoms with Gasteiger partial charge in [0.2, 0.25) is 0 Å². The summed E-state index contributed by atoms with van der Waals surface area (Å²) < 4.78 is 15.8. The Hall–Kier alpha value is -3.09. The third kappa shape index (κ3) is 3.62. The molecule has 1 atom stereocenters. The third-order valence-electron chi connectivity index (χ3n) is 3.46. The van der Waals surface area contributed by atoms with Gasteiger partial charge in [0.1, 0.15) is 11.7 Å². The number of benzene rings is 2. The fourth-order valence-corrected chi connectivity index (χ4v) is 2.23. The van der Waals surface area contributed by atoms with Crippen LogP contribution in [-0.2, 0) is 4.74 Å². The maximum absolute atomic E-state index is 12.4. The minimum Gasteiger partial charge on any atom is -0.493 e. The molecule has 7 heteroatoms. The highest BCUT2D eigenvalue weighted by atomic mass is 16.6. The highest BCUT2D eigenvalue weighted by Crippen LogP contribution is 2.32. The first kappa shape index (κ1) is 17.3. The van der Waals surface area contributed by atoms with Crippen molar-refractivity contribution in [1.82, 2.24) is 0 Å². The van der Waals surface area contributed by atoms with Gasteiger partial charge >= 0.3 is 5.97 Å². The Morgan fingerprint density at radius 3 is 2.46 bits per heavy atom. The van der Waals surface area contributed by atoms with E-state index in [1.807, 2.05) is 0 Å². The molecule has 0 saturated heterocycles. The minimum absolute atomic E-state index is 0.0608. The number of nitro benzene ring substituents is 1. The van der Waals surface area contributed by atoms with Gasteiger partial charge in [-0.25, -0.2) is 4.79 Å². The lowest BCUT2D eigenvalue weighted by molar-refractivity contribution is -0.385. The van der Waals surface area contributed by atoms with Gasteiger partial charge in [0, 0.05) is 12.1 Å². The summed E-state index contributed by atoms with van der Waals surface area (Å²) in [5.41, 5.74) is 0.683. The molecule has 126 valence electrons. The lowest BCUT2D eigenvalue weighted by Gasteiger charge is -2.16. The number of carbonyl (C=O) groups is 1. The van der Waals surface area contributed by atoms with Crippen LogP contribution in [0.3, 0.4) is 0 Å². The van der Waals surface area contributed by atoms with E-state index in [1.165, 1.54) is 26.4 Å². The molecule has 0 fully saturated rings. The lowest BCUT2D eigenvalue weighted by Crippen LogP contribution is -2.11. The lowest BCUT2D eigenvalue weighted by atomic mass is 10.1. The molecule has 0 bridgehead atoms. The van der Waals surface area contributed by atoms with E-state index < -0.39 is 17.0 Å². The number of ether oxygens (including phenoxy) is 3. The number of methoxy groups -OCH3 is 2. The van der Waals surface area contributed by atoms with Crippen molar-refractivity contribution < 1.29 is 23.9 Å². The standard InChI is InChI=1S/C17H17NO6/c1-11(12-6-4-7-13(10-12)18(20)21)24-17(19)14-8-5-9-15(22-2)16(14)23-3/h4-11H,1-3H3. The Balaban J connectivity index is 2.23. The number of non-ortho nitro benzene ring substituents is 1. The average Bonchev–Trinajstić information content (AvgIpc) is 2.60. The monoisotopic (exact) mass is 331 g/mol. The first-order valence-electron chi connectivity index (χ1n) is 7.14. The van der Waals surface area contributed by atoms with Crippen LogP contribution in [0.4, 0.5) is 5.69 Å². The van der Waals surface area contributed by atoms with Crippen LogP contribution >= 0.6 is 0 Å². The zero-order valence-corrected chi connectivity index (χ0v) is 13.5. The van der Waals surface area contributed by atoms with Crippen molar-refractivity contribution in [1.29, 1.82) is 0 Å². The molecular formula is C17H17NO6. The predicted molar refractivity (Wildman–Crippen MR) is 86.5 cm³/mol. The number of hydrogen-bond donors (Lipinski definition) is 0. The molecule has 2 aromatic rings. The van der Waals surface area contributed by atoms with E-state index in [2.05, 4.69) is 0 Å². The van der Waals surface area contributed by atoms with Crippen molar-refractivity contribution in [3.63, 3.8) is 0 Å². The quantitative estimate of drug-likeness (QED) is 0.457. The topological polar surface area (TPSA) is 87.9 Å². The molecule has 24 heavy (non-hydrogen) atoms. The van der Waals surface area contributed by atoms with Crippen molar-refractivity contribution >= 4 is 11.7 Å². The van der Waals surface area contributed by atoms with Crippen molar-refractivity contribution in [3.8, 4) is 11.5 Å². The molecule has 1 unspecified atom stereocenters. The summed E-state index contributed by atoms with van der Waals surface area (Å²) in [5.74, 6) is 0.0796. The summed E-state index contributed by atoms with van der Waals surface area (Å²) in [6.45, 7) is 1.64. The van der Waals surface area contributed by atoms with Crippen LogP contribution in [0.25, 0.3) is 0 Å². The molecule has 2 rings (SSSR count). The minimum atomic E-state index is -0.659. The van der Waals surface area contributed by atoms with Crippen LogP contribution in [0.5, 0.6) is 11.5 Å². The molecular weight excluding hydrogens is 314 g/mol. The second-order valence-electron chi connectivity index (χ2n) is 4.94. The second kappa shape index (κ2) is 7.45. The molecule has 0 aliphatic rings. The zero-order valence-electron chi connectivity index (χ0n) is 13.5. The van der Waals surface area contributed by atoms with Crippen LogP contribution in [0.2, 0.25) is 0 Å². The van der Waals surface area contributed by atoms with E-state index in [9.17, 15) is 14.9 Å². The fourth-order valence-electron chi connectivity index (χ4n) is 2.23. The van der Waals surface area contributed by atoms with Gasteiger partial charge in [-0.3, -0.25) is 10.1 Å². The van der Waals surface area contributed by atoms with Gasteiger partial charge in [0.05, 0.1) is 19.1 Å². The number of carbonyl (C=O) groups excluding carboxylic acids is 1. The van der Waals surface area contributed by atoms with Crippen molar-refractivity contribution in [2.24, 2.45) is 0 Å². The number of esters is 1. The maximum Gasteiger partial charge on any atom is 0.342 e. The first-order valence-corrected chi connectivity index (χ1v) is 7.14. The smallest absolute Gasteiger partial charge is 0.342 e. The Labute approximate surface area is 138 Å². The van der Waals surface area contributed by atoms with Crippen LogP contribution in [0.15, 0.2) is 42.5 Å². The van der Waals surface area contributed by atoms with Crippen LogP contribution in [0, 0.1) is 10.1 Å². The molecule has 0 aromatic heterocycles. The Morgan fingerprint density at radius 1 is 1.12 bits per heavy atom. The number of para-hydroxylation sites is 1. The molecule has 0 N–H and O–H groups in total. The van der Waals surface area contributed by atoms with E-state index in [1.54, 1.807) is 37.3 Å². The second-order valence-corrected chi connectivity index (χ2v) is 4.94. The summed E-state index contributed by atoms with van der Waals surface area (Å²) in [6, 6.07) is 10.8. The van der Waals surface area contributed by atoms with E-state index in [0.717, 1.165) is 0 Å². The molecule has 0 aliphatic heterocycles. The zero-order chi connectivity index (χ0) is 17.7. The molecule has 0 radical (unpaired) electrons. The van der Waals surface area contributed by atoms with E-state index in [-0.39, 0.29) is 17.0 Å². The number of nitro groups is 1. The molecule has 0 amide bonds. The van der Waals surface area contributed by atoms with E-state index >= 15 is 0 Å². The SMILES string of the molecule is COc1cccc(C(=O)OC(C)c2cccc([N+](=O)[O-])c2)c1OC. The van der Waals surface area contributed by atoms with Crippen LogP contribution < -0.4 is 9.47 Å². The molecule has 2 aromatic carbocycles. The fraction of sp³-hybridized carbons (Fsp3) is 0.235. The molecule has 0 spiro atoms. The van der Waals surface area contributed by atoms with Gasteiger partial charge in [-0.05, 0) is 24.6 Å². The van der Waals surface area contributed by atoms with Crippen LogP contribution in [0.1, 0.15) is 28.9 Å². The Bertz CT molecular complexity index is 758. The maximum atomic E-state index is 12.4. The summed E-state index contributed by atoms with van der Waals surface area (Å²) in [4.78, 5) is 22.7.